The molecule has 1 N–H and O–H groups in total. The number of hydrogen-bond acceptors (Lipinski definition) is 4. The zero-order chi connectivity index (χ0) is 19.7. The molecule has 28 heavy (non-hydrogen) atoms. The summed E-state index contributed by atoms with van der Waals surface area (Å²) >= 11 is 3.32. The summed E-state index contributed by atoms with van der Waals surface area (Å²) in [5.74, 6) is -0.00470. The molecule has 1 saturated heterocycles. The maximum absolute atomic E-state index is 12.9. The van der Waals surface area contributed by atoms with Crippen molar-refractivity contribution in [1.82, 2.24) is 19.3 Å². The van der Waals surface area contributed by atoms with Crippen LogP contribution in [0.5, 0.6) is 0 Å². The summed E-state index contributed by atoms with van der Waals surface area (Å²) in [6.45, 7) is 2.99. The van der Waals surface area contributed by atoms with Gasteiger partial charge in [0, 0.05) is 35.6 Å². The van der Waals surface area contributed by atoms with Crippen LogP contribution < -0.4 is 5.32 Å². The monoisotopic (exact) mass is 441 g/mol. The predicted octanol–water partition coefficient (Wildman–Crippen LogP) is 3.29. The number of aryl methyl sites for hydroxylation is 1. The van der Waals surface area contributed by atoms with Crippen LogP contribution in [0.4, 0.5) is 5.82 Å². The van der Waals surface area contributed by atoms with Gasteiger partial charge in [-0.3, -0.25) is 9.59 Å². The van der Waals surface area contributed by atoms with Gasteiger partial charge in [0.25, 0.3) is 5.91 Å². The average molecular weight is 442 g/mol. The molecule has 1 aliphatic heterocycles. The molecule has 7 nitrogen and oxygen atoms in total. The van der Waals surface area contributed by atoms with E-state index in [9.17, 15) is 9.59 Å². The molecule has 3 aromatic heterocycles. The van der Waals surface area contributed by atoms with Crippen molar-refractivity contribution >= 4 is 39.2 Å². The summed E-state index contributed by atoms with van der Waals surface area (Å²) in [5, 5.41) is 2.84. The minimum Gasteiger partial charge on any atom is -0.336 e. The number of pyridine rings is 2. The molecule has 0 saturated carbocycles. The van der Waals surface area contributed by atoms with Crippen molar-refractivity contribution in [2.24, 2.45) is 5.92 Å². The van der Waals surface area contributed by atoms with Gasteiger partial charge in [0.2, 0.25) is 5.91 Å². The number of nitrogens with one attached hydrogen (secondary N) is 1. The van der Waals surface area contributed by atoms with Crippen LogP contribution in [0.1, 0.15) is 29.0 Å². The molecule has 4 rings (SSSR count). The summed E-state index contributed by atoms with van der Waals surface area (Å²) < 4.78 is 2.75. The minimum absolute atomic E-state index is 0.113. The maximum atomic E-state index is 12.9. The average Bonchev–Trinajstić information content (AvgIpc) is 3.15. The molecular weight excluding hydrogens is 422 g/mol. The summed E-state index contributed by atoms with van der Waals surface area (Å²) in [4.78, 5) is 35.9. The number of aromatic nitrogens is 3. The highest BCUT2D eigenvalue weighted by Crippen LogP contribution is 2.21. The van der Waals surface area contributed by atoms with Gasteiger partial charge in [-0.2, -0.15) is 0 Å². The van der Waals surface area contributed by atoms with E-state index in [0.717, 1.165) is 28.7 Å². The summed E-state index contributed by atoms with van der Waals surface area (Å²) in [6, 6.07) is 9.34. The van der Waals surface area contributed by atoms with Gasteiger partial charge in [0.15, 0.2) is 0 Å². The molecule has 4 heterocycles. The van der Waals surface area contributed by atoms with E-state index >= 15 is 0 Å². The number of halogens is 1. The van der Waals surface area contributed by atoms with Crippen LogP contribution in [0.3, 0.4) is 0 Å². The first kappa shape index (κ1) is 18.6. The van der Waals surface area contributed by atoms with Crippen LogP contribution in [-0.4, -0.2) is 44.2 Å². The van der Waals surface area contributed by atoms with Gasteiger partial charge in [-0.05, 0) is 60.0 Å². The Labute approximate surface area is 170 Å². The smallest absolute Gasteiger partial charge is 0.274 e. The largest absolute Gasteiger partial charge is 0.336 e. The number of hydrogen-bond donors (Lipinski definition) is 1. The van der Waals surface area contributed by atoms with Crippen LogP contribution in [0.2, 0.25) is 0 Å². The van der Waals surface area contributed by atoms with Crippen molar-refractivity contribution in [3.63, 3.8) is 0 Å². The van der Waals surface area contributed by atoms with E-state index in [2.05, 4.69) is 31.2 Å². The number of imidazole rings is 1. The Hall–Kier alpha value is -2.74. The third-order valence-electron chi connectivity index (χ3n) is 4.97. The van der Waals surface area contributed by atoms with Crippen molar-refractivity contribution in [1.29, 1.82) is 0 Å². The fourth-order valence-corrected chi connectivity index (χ4v) is 3.70. The van der Waals surface area contributed by atoms with E-state index in [1.807, 2.05) is 35.6 Å². The van der Waals surface area contributed by atoms with Gasteiger partial charge in [0.1, 0.15) is 17.2 Å². The van der Waals surface area contributed by atoms with Gasteiger partial charge in [-0.1, -0.05) is 6.07 Å². The van der Waals surface area contributed by atoms with Crippen molar-refractivity contribution in [3.8, 4) is 0 Å². The molecule has 0 bridgehead atoms. The number of rotatable bonds is 3. The molecule has 1 atom stereocenters. The zero-order valence-electron chi connectivity index (χ0n) is 15.4. The fourth-order valence-electron chi connectivity index (χ4n) is 3.47. The second kappa shape index (κ2) is 7.71. The lowest BCUT2D eigenvalue weighted by molar-refractivity contribution is -0.121. The first-order chi connectivity index (χ1) is 13.5. The van der Waals surface area contributed by atoms with Crippen LogP contribution in [0.15, 0.2) is 47.2 Å². The lowest BCUT2D eigenvalue weighted by Crippen LogP contribution is -2.44. The molecule has 0 radical (unpaired) electrons. The molecule has 0 aliphatic carbocycles. The molecular formula is C20H20BrN5O2. The first-order valence-corrected chi connectivity index (χ1v) is 9.97. The Morgan fingerprint density at radius 2 is 2.11 bits per heavy atom. The lowest BCUT2D eigenvalue weighted by atomic mass is 9.97. The molecule has 1 fully saturated rings. The molecule has 3 aromatic rings. The number of likely N-dealkylation sites (tertiary alicyclic amines) is 1. The molecule has 8 heteroatoms. The topological polar surface area (TPSA) is 79.6 Å². The molecule has 1 unspecified atom stereocenters. The summed E-state index contributed by atoms with van der Waals surface area (Å²) in [5.41, 5.74) is 2.17. The number of amides is 2. The highest BCUT2D eigenvalue weighted by Gasteiger charge is 2.30. The Kier molecular flexibility index (Phi) is 5.13. The third kappa shape index (κ3) is 3.77. The van der Waals surface area contributed by atoms with Crippen LogP contribution in [0.25, 0.3) is 5.65 Å². The second-order valence-electron chi connectivity index (χ2n) is 6.96. The molecule has 0 spiro atoms. The minimum atomic E-state index is -0.262. The first-order valence-electron chi connectivity index (χ1n) is 9.17. The van der Waals surface area contributed by atoms with Crippen molar-refractivity contribution < 1.29 is 9.59 Å². The standard InChI is InChI=1S/C20H20BrN5O2/c1-13-4-2-6-18-23-16(12-26(13)18)20(28)25-9-3-5-14(11-25)19(27)24-17-8-7-15(21)10-22-17/h2,4,6-8,10,12,14H,3,5,9,11H2,1H3,(H,22,24,27). The van der Waals surface area contributed by atoms with Gasteiger partial charge in [-0.15, -0.1) is 0 Å². The number of carbonyl (C=O) groups excluding carboxylic acids is 2. The van der Waals surface area contributed by atoms with Crippen LogP contribution >= 0.6 is 15.9 Å². The summed E-state index contributed by atoms with van der Waals surface area (Å²) in [7, 11) is 0. The number of nitrogens with zero attached hydrogens (tertiary/aromatic N) is 4. The number of carbonyl (C=O) groups is 2. The highest BCUT2D eigenvalue weighted by molar-refractivity contribution is 9.10. The Bertz CT molecular complexity index is 1030. The highest BCUT2D eigenvalue weighted by atomic mass is 79.9. The van der Waals surface area contributed by atoms with Gasteiger partial charge < -0.3 is 14.6 Å². The lowest BCUT2D eigenvalue weighted by Gasteiger charge is -2.31. The van der Waals surface area contributed by atoms with Crippen molar-refractivity contribution in [3.05, 3.63) is 58.6 Å². The number of fused-ring (bicyclic) bond motifs is 1. The molecule has 0 aromatic carbocycles. The van der Waals surface area contributed by atoms with E-state index < -0.39 is 0 Å². The molecule has 2 amide bonds. The van der Waals surface area contributed by atoms with Crippen LogP contribution in [0, 0.1) is 12.8 Å². The Morgan fingerprint density at radius 1 is 1.25 bits per heavy atom. The van der Waals surface area contributed by atoms with E-state index in [1.54, 1.807) is 23.4 Å². The van der Waals surface area contributed by atoms with Crippen LogP contribution in [-0.2, 0) is 4.79 Å². The normalized spacial score (nSPS) is 16.9. The zero-order valence-corrected chi connectivity index (χ0v) is 17.0. The predicted molar refractivity (Wildman–Crippen MR) is 109 cm³/mol. The number of anilines is 1. The van der Waals surface area contributed by atoms with Gasteiger partial charge in [0.05, 0.1) is 5.92 Å². The van der Waals surface area contributed by atoms with E-state index in [1.165, 1.54) is 0 Å². The Balaban J connectivity index is 1.46. The van der Waals surface area contributed by atoms with E-state index in [0.29, 0.717) is 24.6 Å². The van der Waals surface area contributed by atoms with E-state index in [4.69, 9.17) is 0 Å². The van der Waals surface area contributed by atoms with Crippen molar-refractivity contribution in [2.45, 2.75) is 19.8 Å². The SMILES string of the molecule is Cc1cccc2nc(C(=O)N3CCCC(C(=O)Nc4ccc(Br)cn4)C3)cn12. The Morgan fingerprint density at radius 3 is 2.86 bits per heavy atom. The second-order valence-corrected chi connectivity index (χ2v) is 7.88. The van der Waals surface area contributed by atoms with Gasteiger partial charge >= 0.3 is 0 Å². The third-order valence-corrected chi connectivity index (χ3v) is 5.44. The molecule has 144 valence electrons. The quantitative estimate of drug-likeness (QED) is 0.675. The van der Waals surface area contributed by atoms with E-state index in [-0.39, 0.29) is 17.7 Å². The fraction of sp³-hybridized carbons (Fsp3) is 0.300. The number of piperidine rings is 1. The summed E-state index contributed by atoms with van der Waals surface area (Å²) in [6.07, 6.45) is 4.93. The molecule has 1 aliphatic rings. The maximum Gasteiger partial charge on any atom is 0.274 e. The van der Waals surface area contributed by atoms with Crippen molar-refractivity contribution in [2.75, 3.05) is 18.4 Å². The van der Waals surface area contributed by atoms with Gasteiger partial charge in [-0.25, -0.2) is 9.97 Å².